The van der Waals surface area contributed by atoms with Gasteiger partial charge in [0.25, 0.3) is 5.91 Å². The summed E-state index contributed by atoms with van der Waals surface area (Å²) in [6.45, 7) is 8.15. The van der Waals surface area contributed by atoms with Gasteiger partial charge in [-0.2, -0.15) is 0 Å². The van der Waals surface area contributed by atoms with Crippen LogP contribution < -0.4 is 14.8 Å². The van der Waals surface area contributed by atoms with Crippen LogP contribution in [0.5, 0.6) is 11.5 Å². The van der Waals surface area contributed by atoms with Crippen LogP contribution in [0.3, 0.4) is 0 Å². The number of ether oxygens (including phenoxy) is 2. The second-order valence-corrected chi connectivity index (χ2v) is 6.71. The molecular formula is C23H31NO3. The Hall–Kier alpha value is -2.49. The Morgan fingerprint density at radius 3 is 2.26 bits per heavy atom. The molecule has 2 aromatic carbocycles. The topological polar surface area (TPSA) is 47.6 Å². The monoisotopic (exact) mass is 369 g/mol. The summed E-state index contributed by atoms with van der Waals surface area (Å²) in [5.41, 5.74) is 3.38. The molecule has 0 unspecified atom stereocenters. The van der Waals surface area contributed by atoms with Crippen LogP contribution in [-0.2, 0) is 11.2 Å². The van der Waals surface area contributed by atoms with Crippen molar-refractivity contribution in [2.24, 2.45) is 0 Å². The highest BCUT2D eigenvalue weighted by molar-refractivity contribution is 5.81. The Labute approximate surface area is 162 Å². The van der Waals surface area contributed by atoms with Crippen LogP contribution in [0.25, 0.3) is 0 Å². The minimum atomic E-state index is -0.508. The zero-order valence-electron chi connectivity index (χ0n) is 17.0. The van der Waals surface area contributed by atoms with Crippen LogP contribution in [0.1, 0.15) is 56.3 Å². The number of hydrogen-bond donors (Lipinski definition) is 1. The van der Waals surface area contributed by atoms with Crippen molar-refractivity contribution in [3.05, 3.63) is 59.2 Å². The summed E-state index contributed by atoms with van der Waals surface area (Å²) in [4.78, 5) is 12.8. The summed E-state index contributed by atoms with van der Waals surface area (Å²) in [5.74, 6) is 1.49. The van der Waals surface area contributed by atoms with Gasteiger partial charge >= 0.3 is 0 Å². The first kappa shape index (κ1) is 20.8. The minimum absolute atomic E-state index is 0.0535. The van der Waals surface area contributed by atoms with Crippen LogP contribution in [0.15, 0.2) is 42.5 Å². The Morgan fingerprint density at radius 1 is 1.04 bits per heavy atom. The third-order valence-corrected chi connectivity index (χ3v) is 4.82. The molecule has 1 N–H and O–H groups in total. The first-order valence-corrected chi connectivity index (χ1v) is 9.72. The summed E-state index contributed by atoms with van der Waals surface area (Å²) < 4.78 is 11.3. The van der Waals surface area contributed by atoms with Gasteiger partial charge in [-0.3, -0.25) is 4.79 Å². The molecule has 27 heavy (non-hydrogen) atoms. The molecule has 0 heterocycles. The van der Waals surface area contributed by atoms with Gasteiger partial charge < -0.3 is 14.8 Å². The van der Waals surface area contributed by atoms with Gasteiger partial charge in [0.2, 0.25) is 0 Å². The Kier molecular flexibility index (Phi) is 7.71. The molecule has 2 rings (SSSR count). The van der Waals surface area contributed by atoms with E-state index in [9.17, 15) is 4.79 Å². The van der Waals surface area contributed by atoms with Crippen LogP contribution >= 0.6 is 0 Å². The maximum Gasteiger partial charge on any atom is 0.261 e. The number of aryl methyl sites for hydroxylation is 2. The van der Waals surface area contributed by atoms with Crippen LogP contribution in [-0.4, -0.2) is 19.1 Å². The van der Waals surface area contributed by atoms with E-state index in [1.165, 1.54) is 5.56 Å². The molecular weight excluding hydrogens is 338 g/mol. The highest BCUT2D eigenvalue weighted by atomic mass is 16.5. The van der Waals surface area contributed by atoms with Crippen LogP contribution in [0.4, 0.5) is 0 Å². The molecule has 0 aliphatic heterocycles. The maximum absolute atomic E-state index is 12.8. The molecule has 0 bridgehead atoms. The van der Waals surface area contributed by atoms with Crippen molar-refractivity contribution in [1.82, 2.24) is 5.32 Å². The number of hydrogen-bond acceptors (Lipinski definition) is 3. The quantitative estimate of drug-likeness (QED) is 0.677. The van der Waals surface area contributed by atoms with Crippen molar-refractivity contribution in [1.29, 1.82) is 0 Å². The smallest absolute Gasteiger partial charge is 0.261 e. The van der Waals surface area contributed by atoms with Crippen molar-refractivity contribution in [3.8, 4) is 11.5 Å². The highest BCUT2D eigenvalue weighted by Gasteiger charge is 2.22. The lowest BCUT2D eigenvalue weighted by Crippen LogP contribution is -2.40. The van der Waals surface area contributed by atoms with Gasteiger partial charge in [0.15, 0.2) is 6.10 Å². The van der Waals surface area contributed by atoms with E-state index in [0.717, 1.165) is 35.5 Å². The fourth-order valence-corrected chi connectivity index (χ4v) is 3.09. The first-order chi connectivity index (χ1) is 13.0. The number of carbonyl (C=O) groups is 1. The Balaban J connectivity index is 2.07. The molecule has 1 amide bonds. The molecule has 146 valence electrons. The molecule has 2 aromatic rings. The largest absolute Gasteiger partial charge is 0.496 e. The van der Waals surface area contributed by atoms with E-state index >= 15 is 0 Å². The second kappa shape index (κ2) is 10.0. The van der Waals surface area contributed by atoms with Crippen LogP contribution in [0, 0.1) is 6.92 Å². The summed E-state index contributed by atoms with van der Waals surface area (Å²) >= 11 is 0. The van der Waals surface area contributed by atoms with Crippen molar-refractivity contribution in [2.45, 2.75) is 59.1 Å². The number of methoxy groups -OCH3 is 1. The van der Waals surface area contributed by atoms with E-state index in [2.05, 4.69) is 25.2 Å². The maximum atomic E-state index is 12.8. The number of benzene rings is 2. The Morgan fingerprint density at radius 2 is 1.74 bits per heavy atom. The minimum Gasteiger partial charge on any atom is -0.496 e. The molecule has 4 heteroatoms. The molecule has 2 atom stereocenters. The third kappa shape index (κ3) is 5.49. The van der Waals surface area contributed by atoms with E-state index in [4.69, 9.17) is 9.47 Å². The molecule has 4 nitrogen and oxygen atoms in total. The van der Waals surface area contributed by atoms with Crippen molar-refractivity contribution in [2.75, 3.05) is 7.11 Å². The Bertz CT molecular complexity index is 740. The van der Waals surface area contributed by atoms with Gasteiger partial charge in [-0.25, -0.2) is 0 Å². The normalized spacial score (nSPS) is 12.9. The van der Waals surface area contributed by atoms with Gasteiger partial charge in [0.1, 0.15) is 11.5 Å². The fourth-order valence-electron chi connectivity index (χ4n) is 3.09. The van der Waals surface area contributed by atoms with E-state index < -0.39 is 6.10 Å². The van der Waals surface area contributed by atoms with Crippen molar-refractivity contribution >= 4 is 5.91 Å². The lowest BCUT2D eigenvalue weighted by atomic mass is 10.0. The van der Waals surface area contributed by atoms with Crippen molar-refractivity contribution in [3.63, 3.8) is 0 Å². The lowest BCUT2D eigenvalue weighted by Gasteiger charge is -2.23. The van der Waals surface area contributed by atoms with Gasteiger partial charge in [-0.1, -0.05) is 45.0 Å². The number of amides is 1. The summed E-state index contributed by atoms with van der Waals surface area (Å²) in [6, 6.07) is 13.9. The lowest BCUT2D eigenvalue weighted by molar-refractivity contribution is -0.128. The van der Waals surface area contributed by atoms with Gasteiger partial charge in [0, 0.05) is 0 Å². The molecule has 0 fully saturated rings. The van der Waals surface area contributed by atoms with Gasteiger partial charge in [0.05, 0.1) is 13.2 Å². The SMILES string of the molecule is CCc1ccc(O[C@H](CC)C(=O)N[C@@H](CC)c2ccc(OC)c(C)c2)cc1. The molecule has 0 aromatic heterocycles. The average molecular weight is 370 g/mol. The summed E-state index contributed by atoms with van der Waals surface area (Å²) in [5, 5.41) is 3.14. The zero-order chi connectivity index (χ0) is 19.8. The van der Waals surface area contributed by atoms with E-state index in [1.54, 1.807) is 7.11 Å². The van der Waals surface area contributed by atoms with Gasteiger partial charge in [-0.15, -0.1) is 0 Å². The van der Waals surface area contributed by atoms with E-state index in [0.29, 0.717) is 6.42 Å². The third-order valence-electron chi connectivity index (χ3n) is 4.82. The molecule has 0 aliphatic carbocycles. The zero-order valence-corrected chi connectivity index (χ0v) is 17.0. The predicted octanol–water partition coefficient (Wildman–Crippen LogP) is 4.99. The molecule has 0 spiro atoms. The average Bonchev–Trinajstić information content (AvgIpc) is 2.70. The molecule has 0 saturated carbocycles. The second-order valence-electron chi connectivity index (χ2n) is 6.71. The molecule has 0 saturated heterocycles. The molecule has 0 aliphatic rings. The van der Waals surface area contributed by atoms with E-state index in [1.807, 2.05) is 50.2 Å². The van der Waals surface area contributed by atoms with Crippen LogP contribution in [0.2, 0.25) is 0 Å². The number of nitrogens with one attached hydrogen (secondary N) is 1. The standard InChI is InChI=1S/C23H31NO3/c1-6-17-9-12-19(13-10-17)27-21(8-3)23(25)24-20(7-2)18-11-14-22(26-5)16(4)15-18/h9-15,20-21H,6-8H2,1-5H3,(H,24,25)/t20-,21+/m0/s1. The fraction of sp³-hybridized carbons (Fsp3) is 0.435. The van der Waals surface area contributed by atoms with Crippen molar-refractivity contribution < 1.29 is 14.3 Å². The number of rotatable bonds is 9. The van der Waals surface area contributed by atoms with E-state index in [-0.39, 0.29) is 11.9 Å². The first-order valence-electron chi connectivity index (χ1n) is 9.72. The highest BCUT2D eigenvalue weighted by Crippen LogP contribution is 2.24. The predicted molar refractivity (Wildman–Crippen MR) is 109 cm³/mol. The number of carbonyl (C=O) groups excluding carboxylic acids is 1. The molecule has 0 radical (unpaired) electrons. The summed E-state index contributed by atoms with van der Waals surface area (Å²) in [6.07, 6.45) is 1.89. The summed E-state index contributed by atoms with van der Waals surface area (Å²) in [7, 11) is 1.66. The van der Waals surface area contributed by atoms with Gasteiger partial charge in [-0.05, 0) is 61.1 Å².